The summed E-state index contributed by atoms with van der Waals surface area (Å²) < 4.78 is 0. The molecule has 0 heterocycles. The van der Waals surface area contributed by atoms with Crippen LogP contribution in [0.3, 0.4) is 0 Å². The van der Waals surface area contributed by atoms with Crippen LogP contribution in [-0.2, 0) is 6.54 Å². The second kappa shape index (κ2) is 6.78. The molecule has 4 nitrogen and oxygen atoms in total. The lowest BCUT2D eigenvalue weighted by Gasteiger charge is -2.26. The zero-order valence-corrected chi connectivity index (χ0v) is 12.5. The number of hydrogen-bond donors (Lipinski definition) is 2. The number of rotatable bonds is 6. The van der Waals surface area contributed by atoms with Gasteiger partial charge in [-0.3, -0.25) is 0 Å². The van der Waals surface area contributed by atoms with E-state index in [1.54, 1.807) is 0 Å². The van der Waals surface area contributed by atoms with Crippen LogP contribution in [0.1, 0.15) is 25.8 Å². The molecule has 0 bridgehead atoms. The van der Waals surface area contributed by atoms with Crippen LogP contribution < -0.4 is 5.73 Å². The summed E-state index contributed by atoms with van der Waals surface area (Å²) in [5.41, 5.74) is 6.59. The van der Waals surface area contributed by atoms with Crippen LogP contribution in [-0.4, -0.2) is 29.5 Å². The summed E-state index contributed by atoms with van der Waals surface area (Å²) in [6.07, 6.45) is 0.826. The number of nitrogens with two attached hydrogens (primary N) is 1. The van der Waals surface area contributed by atoms with Gasteiger partial charge in [-0.1, -0.05) is 42.7 Å². The molecule has 0 aliphatic rings. The highest BCUT2D eigenvalue weighted by atomic mass is 35.5. The average molecular weight is 284 g/mol. The third-order valence-electron chi connectivity index (χ3n) is 3.29. The van der Waals surface area contributed by atoms with Crippen molar-refractivity contribution in [3.05, 3.63) is 34.9 Å². The van der Waals surface area contributed by atoms with Crippen LogP contribution >= 0.6 is 11.6 Å². The number of benzene rings is 1. The van der Waals surface area contributed by atoms with Crippen LogP contribution in [0.2, 0.25) is 5.02 Å². The monoisotopic (exact) mass is 283 g/mol. The highest BCUT2D eigenvalue weighted by Gasteiger charge is 2.23. The predicted molar refractivity (Wildman–Crippen MR) is 79.6 cm³/mol. The molecule has 3 N–H and O–H groups in total. The van der Waals surface area contributed by atoms with E-state index in [9.17, 15) is 0 Å². The fourth-order valence-electron chi connectivity index (χ4n) is 1.71. The maximum atomic E-state index is 8.73. The first-order valence-corrected chi connectivity index (χ1v) is 6.64. The van der Waals surface area contributed by atoms with Gasteiger partial charge >= 0.3 is 0 Å². The Morgan fingerprint density at radius 1 is 1.37 bits per heavy atom. The van der Waals surface area contributed by atoms with Gasteiger partial charge in [-0.25, -0.2) is 0 Å². The molecule has 1 rings (SSSR count). The fourth-order valence-corrected chi connectivity index (χ4v) is 1.84. The Bertz CT molecular complexity index is 429. The van der Waals surface area contributed by atoms with Crippen LogP contribution in [0, 0.1) is 5.41 Å². The lowest BCUT2D eigenvalue weighted by molar-refractivity contribution is 0.272. The Kier molecular flexibility index (Phi) is 5.63. The molecule has 0 atom stereocenters. The van der Waals surface area contributed by atoms with Crippen LogP contribution in [0.15, 0.2) is 29.4 Å². The molecule has 1 aromatic carbocycles. The van der Waals surface area contributed by atoms with Crippen molar-refractivity contribution in [2.24, 2.45) is 16.3 Å². The normalized spacial score (nSPS) is 13.0. The molecule has 0 saturated heterocycles. The Labute approximate surface area is 119 Å². The smallest absolute Gasteiger partial charge is 0.144 e. The summed E-state index contributed by atoms with van der Waals surface area (Å²) in [7, 11) is 2.05. The molecule has 0 radical (unpaired) electrons. The molecule has 0 unspecified atom stereocenters. The molecular weight excluding hydrogens is 262 g/mol. The number of nitrogens with zero attached hydrogens (tertiary/aromatic N) is 2. The van der Waals surface area contributed by atoms with E-state index >= 15 is 0 Å². The van der Waals surface area contributed by atoms with Gasteiger partial charge in [-0.2, -0.15) is 0 Å². The molecule has 1 aromatic rings. The van der Waals surface area contributed by atoms with E-state index in [2.05, 4.69) is 17.1 Å². The topological polar surface area (TPSA) is 61.8 Å². The van der Waals surface area contributed by atoms with Gasteiger partial charge < -0.3 is 15.8 Å². The molecule has 0 fully saturated rings. The van der Waals surface area contributed by atoms with Crippen molar-refractivity contribution in [2.45, 2.75) is 26.8 Å². The van der Waals surface area contributed by atoms with Gasteiger partial charge in [0, 0.05) is 17.0 Å². The average Bonchev–Trinajstić information content (AvgIpc) is 2.38. The number of hydrogen-bond acceptors (Lipinski definition) is 3. The van der Waals surface area contributed by atoms with Gasteiger partial charge in [-0.05, 0) is 37.7 Å². The van der Waals surface area contributed by atoms with Crippen molar-refractivity contribution >= 4 is 17.4 Å². The molecule has 19 heavy (non-hydrogen) atoms. The van der Waals surface area contributed by atoms with Gasteiger partial charge in [0.25, 0.3) is 0 Å². The van der Waals surface area contributed by atoms with E-state index in [-0.39, 0.29) is 11.3 Å². The maximum Gasteiger partial charge on any atom is 0.144 e. The third-order valence-corrected chi connectivity index (χ3v) is 3.54. The van der Waals surface area contributed by atoms with Crippen molar-refractivity contribution in [3.63, 3.8) is 0 Å². The highest BCUT2D eigenvalue weighted by Crippen LogP contribution is 2.21. The minimum absolute atomic E-state index is 0.271. The fraction of sp³-hybridized carbons (Fsp3) is 0.500. The highest BCUT2D eigenvalue weighted by molar-refractivity contribution is 6.30. The van der Waals surface area contributed by atoms with E-state index in [0.717, 1.165) is 24.5 Å². The van der Waals surface area contributed by atoms with Crippen LogP contribution in [0.4, 0.5) is 0 Å². The zero-order valence-electron chi connectivity index (χ0n) is 11.7. The van der Waals surface area contributed by atoms with E-state index < -0.39 is 0 Å². The van der Waals surface area contributed by atoms with Gasteiger partial charge in [0.1, 0.15) is 5.84 Å². The summed E-state index contributed by atoms with van der Waals surface area (Å²) in [5.74, 6) is 0.271. The summed E-state index contributed by atoms with van der Waals surface area (Å²) in [5, 5.41) is 12.6. The Morgan fingerprint density at radius 2 is 1.95 bits per heavy atom. The van der Waals surface area contributed by atoms with E-state index in [1.807, 2.05) is 38.1 Å². The standard InChI is InChI=1S/C14H22ClN3O/c1-14(2,13(16)17-19)8-9-18(3)10-11-4-6-12(15)7-5-11/h4-7,19H,8-10H2,1-3H3,(H2,16,17). The number of halogens is 1. The van der Waals surface area contributed by atoms with Crippen LogP contribution in [0.25, 0.3) is 0 Å². The SMILES string of the molecule is CN(CCC(C)(C)C(N)=NO)Cc1ccc(Cl)cc1. The molecule has 0 saturated carbocycles. The predicted octanol–water partition coefficient (Wildman–Crippen LogP) is 2.93. The second-order valence-corrected chi connectivity index (χ2v) is 5.92. The molecule has 0 aromatic heterocycles. The van der Waals surface area contributed by atoms with Crippen molar-refractivity contribution < 1.29 is 5.21 Å². The molecule has 0 aliphatic heterocycles. The quantitative estimate of drug-likeness (QED) is 0.365. The Balaban J connectivity index is 2.48. The van der Waals surface area contributed by atoms with Gasteiger partial charge in [0.15, 0.2) is 0 Å². The van der Waals surface area contributed by atoms with Gasteiger partial charge in [-0.15, -0.1) is 0 Å². The summed E-state index contributed by atoms with van der Waals surface area (Å²) in [6, 6.07) is 7.83. The first-order valence-electron chi connectivity index (χ1n) is 6.26. The molecular formula is C14H22ClN3O. The molecule has 106 valence electrons. The molecule has 0 aliphatic carbocycles. The number of amidine groups is 1. The summed E-state index contributed by atoms with van der Waals surface area (Å²) >= 11 is 5.86. The molecule has 0 amide bonds. The van der Waals surface area contributed by atoms with Crippen molar-refractivity contribution in [1.82, 2.24) is 4.90 Å². The van der Waals surface area contributed by atoms with E-state index in [4.69, 9.17) is 22.5 Å². The first kappa shape index (κ1) is 15.8. The third kappa shape index (κ3) is 5.09. The Hall–Kier alpha value is -1.26. The largest absolute Gasteiger partial charge is 0.409 e. The minimum atomic E-state index is -0.303. The maximum absolute atomic E-state index is 8.73. The van der Waals surface area contributed by atoms with E-state index in [1.165, 1.54) is 5.56 Å². The lowest BCUT2D eigenvalue weighted by Crippen LogP contribution is -2.35. The van der Waals surface area contributed by atoms with Crippen molar-refractivity contribution in [1.29, 1.82) is 0 Å². The Morgan fingerprint density at radius 3 is 2.47 bits per heavy atom. The van der Waals surface area contributed by atoms with Crippen molar-refractivity contribution in [3.8, 4) is 0 Å². The van der Waals surface area contributed by atoms with Crippen molar-refractivity contribution in [2.75, 3.05) is 13.6 Å². The zero-order chi connectivity index (χ0) is 14.5. The number of oxime groups is 1. The van der Waals surface area contributed by atoms with Gasteiger partial charge in [0.05, 0.1) is 0 Å². The molecule has 0 spiro atoms. The summed E-state index contributed by atoms with van der Waals surface area (Å²) in [4.78, 5) is 2.20. The summed E-state index contributed by atoms with van der Waals surface area (Å²) in [6.45, 7) is 5.66. The first-order chi connectivity index (χ1) is 8.85. The minimum Gasteiger partial charge on any atom is -0.409 e. The van der Waals surface area contributed by atoms with Crippen LogP contribution in [0.5, 0.6) is 0 Å². The lowest BCUT2D eigenvalue weighted by atomic mass is 9.88. The van der Waals surface area contributed by atoms with Gasteiger partial charge in [0.2, 0.25) is 0 Å². The van der Waals surface area contributed by atoms with E-state index in [0.29, 0.717) is 0 Å². The molecule has 5 heteroatoms. The second-order valence-electron chi connectivity index (χ2n) is 5.48.